The molecular formula is C11H16BrNO2. The summed E-state index contributed by atoms with van der Waals surface area (Å²) < 4.78 is 6.48. The second-order valence-electron chi connectivity index (χ2n) is 3.32. The number of aliphatic hydroxyl groups excluding tert-OH is 1. The van der Waals surface area contributed by atoms with E-state index in [0.717, 1.165) is 10.2 Å². The molecule has 1 unspecified atom stereocenters. The minimum absolute atomic E-state index is 0.356. The second kappa shape index (κ2) is 6.82. The van der Waals surface area contributed by atoms with Crippen LogP contribution in [0.2, 0.25) is 0 Å². The van der Waals surface area contributed by atoms with Crippen LogP contribution < -0.4 is 10.5 Å². The van der Waals surface area contributed by atoms with Crippen LogP contribution in [0.15, 0.2) is 28.7 Å². The first-order valence-corrected chi connectivity index (χ1v) is 5.78. The number of nitrogens with two attached hydrogens (primary N) is 1. The molecule has 4 heteroatoms. The van der Waals surface area contributed by atoms with Gasteiger partial charge in [0.1, 0.15) is 5.75 Å². The smallest absolute Gasteiger partial charge is 0.119 e. The standard InChI is InChI=1S/C11H16BrNO2/c12-9-1-3-11(4-2-9)15-8-6-10(14)5-7-13/h1-4,10,14H,5-8,13H2. The highest BCUT2D eigenvalue weighted by atomic mass is 79.9. The third kappa shape index (κ3) is 5.16. The Balaban J connectivity index is 2.22. The van der Waals surface area contributed by atoms with Gasteiger partial charge in [-0.25, -0.2) is 0 Å². The molecule has 84 valence electrons. The van der Waals surface area contributed by atoms with Gasteiger partial charge in [-0.2, -0.15) is 0 Å². The lowest BCUT2D eigenvalue weighted by Crippen LogP contribution is -2.16. The van der Waals surface area contributed by atoms with E-state index in [0.29, 0.717) is 26.0 Å². The predicted molar refractivity (Wildman–Crippen MR) is 63.9 cm³/mol. The summed E-state index contributed by atoms with van der Waals surface area (Å²) in [6.45, 7) is 1.03. The summed E-state index contributed by atoms with van der Waals surface area (Å²) in [5.74, 6) is 0.818. The molecule has 0 saturated carbocycles. The largest absolute Gasteiger partial charge is 0.493 e. The van der Waals surface area contributed by atoms with Crippen molar-refractivity contribution in [2.45, 2.75) is 18.9 Å². The molecule has 1 rings (SSSR count). The van der Waals surface area contributed by atoms with Crippen molar-refractivity contribution >= 4 is 15.9 Å². The van der Waals surface area contributed by atoms with Crippen molar-refractivity contribution < 1.29 is 9.84 Å². The Morgan fingerprint density at radius 1 is 1.27 bits per heavy atom. The summed E-state index contributed by atoms with van der Waals surface area (Å²) in [7, 11) is 0. The molecule has 0 aliphatic carbocycles. The topological polar surface area (TPSA) is 55.5 Å². The van der Waals surface area contributed by atoms with Crippen molar-refractivity contribution in [1.82, 2.24) is 0 Å². The number of halogens is 1. The number of benzene rings is 1. The Bertz CT molecular complexity index is 276. The minimum atomic E-state index is -0.356. The lowest BCUT2D eigenvalue weighted by Gasteiger charge is -2.10. The van der Waals surface area contributed by atoms with Crippen molar-refractivity contribution in [2.24, 2.45) is 5.73 Å². The summed E-state index contributed by atoms with van der Waals surface area (Å²) in [5, 5.41) is 9.40. The Kier molecular flexibility index (Phi) is 5.68. The molecule has 0 bridgehead atoms. The number of aliphatic hydroxyl groups is 1. The SMILES string of the molecule is NCCC(O)CCOc1ccc(Br)cc1. The molecule has 0 spiro atoms. The van der Waals surface area contributed by atoms with E-state index in [1.807, 2.05) is 24.3 Å². The molecule has 0 aromatic heterocycles. The van der Waals surface area contributed by atoms with Crippen molar-refractivity contribution in [3.05, 3.63) is 28.7 Å². The van der Waals surface area contributed by atoms with Crippen molar-refractivity contribution in [1.29, 1.82) is 0 Å². The summed E-state index contributed by atoms with van der Waals surface area (Å²) in [6, 6.07) is 7.62. The maximum Gasteiger partial charge on any atom is 0.119 e. The van der Waals surface area contributed by atoms with E-state index in [2.05, 4.69) is 15.9 Å². The number of rotatable bonds is 6. The first kappa shape index (κ1) is 12.5. The minimum Gasteiger partial charge on any atom is -0.493 e. The van der Waals surface area contributed by atoms with E-state index in [1.54, 1.807) is 0 Å². The van der Waals surface area contributed by atoms with Crippen LogP contribution in [0.1, 0.15) is 12.8 Å². The third-order valence-corrected chi connectivity index (χ3v) is 2.56. The molecule has 1 atom stereocenters. The van der Waals surface area contributed by atoms with Gasteiger partial charge in [0.2, 0.25) is 0 Å². The molecule has 0 heterocycles. The average Bonchev–Trinajstić information content (AvgIpc) is 2.21. The van der Waals surface area contributed by atoms with Crippen LogP contribution in [-0.4, -0.2) is 24.4 Å². The van der Waals surface area contributed by atoms with Gasteiger partial charge >= 0.3 is 0 Å². The fraction of sp³-hybridized carbons (Fsp3) is 0.455. The van der Waals surface area contributed by atoms with E-state index in [4.69, 9.17) is 10.5 Å². The third-order valence-electron chi connectivity index (χ3n) is 2.03. The lowest BCUT2D eigenvalue weighted by molar-refractivity contribution is 0.133. The van der Waals surface area contributed by atoms with Gasteiger partial charge in [-0.1, -0.05) is 15.9 Å². The summed E-state index contributed by atoms with van der Waals surface area (Å²) in [4.78, 5) is 0. The van der Waals surface area contributed by atoms with Crippen LogP contribution in [0.3, 0.4) is 0 Å². The number of hydrogen-bond donors (Lipinski definition) is 2. The summed E-state index contributed by atoms with van der Waals surface area (Å²) in [6.07, 6.45) is 0.891. The van der Waals surface area contributed by atoms with E-state index in [9.17, 15) is 5.11 Å². The zero-order chi connectivity index (χ0) is 11.1. The summed E-state index contributed by atoms with van der Waals surface area (Å²) >= 11 is 3.35. The Labute approximate surface area is 98.4 Å². The molecule has 0 aliphatic heterocycles. The molecule has 15 heavy (non-hydrogen) atoms. The van der Waals surface area contributed by atoms with Crippen LogP contribution in [0.25, 0.3) is 0 Å². The first-order valence-electron chi connectivity index (χ1n) is 4.99. The maximum atomic E-state index is 9.40. The quantitative estimate of drug-likeness (QED) is 0.833. The van der Waals surface area contributed by atoms with E-state index < -0.39 is 0 Å². The second-order valence-corrected chi connectivity index (χ2v) is 4.24. The normalized spacial score (nSPS) is 12.5. The van der Waals surface area contributed by atoms with Gasteiger partial charge in [0.15, 0.2) is 0 Å². The predicted octanol–water partition coefficient (Wildman–Crippen LogP) is 1.93. The molecule has 1 aromatic rings. The van der Waals surface area contributed by atoms with Gasteiger partial charge in [0.25, 0.3) is 0 Å². The van der Waals surface area contributed by atoms with E-state index in [-0.39, 0.29) is 6.10 Å². The maximum absolute atomic E-state index is 9.40. The number of hydrogen-bond acceptors (Lipinski definition) is 3. The van der Waals surface area contributed by atoms with Crippen LogP contribution in [0, 0.1) is 0 Å². The van der Waals surface area contributed by atoms with Gasteiger partial charge in [0.05, 0.1) is 12.7 Å². The van der Waals surface area contributed by atoms with Crippen LogP contribution >= 0.6 is 15.9 Å². The van der Waals surface area contributed by atoms with Crippen LogP contribution in [0.5, 0.6) is 5.75 Å². The molecule has 0 radical (unpaired) electrons. The van der Waals surface area contributed by atoms with E-state index >= 15 is 0 Å². The van der Waals surface area contributed by atoms with E-state index in [1.165, 1.54) is 0 Å². The van der Waals surface area contributed by atoms with Crippen LogP contribution in [-0.2, 0) is 0 Å². The first-order chi connectivity index (χ1) is 7.22. The molecule has 0 fully saturated rings. The Morgan fingerprint density at radius 3 is 2.53 bits per heavy atom. The Morgan fingerprint density at radius 2 is 1.93 bits per heavy atom. The highest BCUT2D eigenvalue weighted by molar-refractivity contribution is 9.10. The molecule has 1 aromatic carbocycles. The zero-order valence-electron chi connectivity index (χ0n) is 8.53. The van der Waals surface area contributed by atoms with Gasteiger partial charge in [-0.05, 0) is 37.2 Å². The monoisotopic (exact) mass is 273 g/mol. The zero-order valence-corrected chi connectivity index (χ0v) is 10.1. The molecule has 0 amide bonds. The van der Waals surface area contributed by atoms with Gasteiger partial charge in [-0.3, -0.25) is 0 Å². The van der Waals surface area contributed by atoms with Gasteiger partial charge in [0, 0.05) is 10.9 Å². The van der Waals surface area contributed by atoms with Crippen molar-refractivity contribution in [3.8, 4) is 5.75 Å². The highest BCUT2D eigenvalue weighted by Gasteiger charge is 2.02. The van der Waals surface area contributed by atoms with Crippen molar-refractivity contribution in [3.63, 3.8) is 0 Å². The fourth-order valence-electron chi connectivity index (χ4n) is 1.18. The molecule has 3 nitrogen and oxygen atoms in total. The molecule has 0 saturated heterocycles. The molecule has 0 aliphatic rings. The number of ether oxygens (including phenoxy) is 1. The average molecular weight is 274 g/mol. The summed E-state index contributed by atoms with van der Waals surface area (Å²) in [5.41, 5.74) is 5.32. The lowest BCUT2D eigenvalue weighted by atomic mass is 10.2. The highest BCUT2D eigenvalue weighted by Crippen LogP contribution is 2.16. The van der Waals surface area contributed by atoms with Crippen LogP contribution in [0.4, 0.5) is 0 Å². The fourth-order valence-corrected chi connectivity index (χ4v) is 1.44. The Hall–Kier alpha value is -0.580. The molecular weight excluding hydrogens is 258 g/mol. The van der Waals surface area contributed by atoms with Crippen molar-refractivity contribution in [2.75, 3.05) is 13.2 Å². The van der Waals surface area contributed by atoms with Gasteiger partial charge < -0.3 is 15.6 Å². The molecule has 3 N–H and O–H groups in total. The van der Waals surface area contributed by atoms with Gasteiger partial charge in [-0.15, -0.1) is 0 Å².